The number of hydrogen-bond acceptors (Lipinski definition) is 5. The van der Waals surface area contributed by atoms with Crippen LogP contribution in [0.3, 0.4) is 0 Å². The summed E-state index contributed by atoms with van der Waals surface area (Å²) < 4.78 is 8.11. The molecule has 1 saturated carbocycles. The van der Waals surface area contributed by atoms with Crippen LogP contribution in [0.2, 0.25) is 0 Å². The molecule has 2 aliphatic heterocycles. The lowest BCUT2D eigenvalue weighted by Gasteiger charge is -2.40. The van der Waals surface area contributed by atoms with Gasteiger partial charge in [0.2, 0.25) is 0 Å². The van der Waals surface area contributed by atoms with Crippen LogP contribution in [-0.4, -0.2) is 46.5 Å². The standard InChI is InChI=1S/C17H27N5O2/c18-11-16(3-1-2-4-16)20-15(23)14-9-13-10-24-17(12-22(13)21-14)5-7-19-8-6-17/h9,19H,1-8,10-12,18H2,(H,20,23). The number of hydrogen-bond donors (Lipinski definition) is 3. The molecule has 1 aliphatic carbocycles. The molecule has 1 aromatic heterocycles. The van der Waals surface area contributed by atoms with E-state index in [1.807, 2.05) is 10.7 Å². The zero-order valence-electron chi connectivity index (χ0n) is 14.1. The largest absolute Gasteiger partial charge is 0.367 e. The van der Waals surface area contributed by atoms with Crippen molar-refractivity contribution in [2.75, 3.05) is 19.6 Å². The number of carbonyl (C=O) groups excluding carboxylic acids is 1. The van der Waals surface area contributed by atoms with Crippen LogP contribution in [0.1, 0.15) is 54.7 Å². The van der Waals surface area contributed by atoms with Crippen molar-refractivity contribution >= 4 is 5.91 Å². The van der Waals surface area contributed by atoms with Crippen molar-refractivity contribution in [1.82, 2.24) is 20.4 Å². The Kier molecular flexibility index (Phi) is 4.10. The summed E-state index contributed by atoms with van der Waals surface area (Å²) in [5, 5.41) is 11.1. The number of nitrogens with two attached hydrogens (primary N) is 1. The maximum Gasteiger partial charge on any atom is 0.272 e. The van der Waals surface area contributed by atoms with E-state index in [9.17, 15) is 4.79 Å². The molecule has 3 aliphatic rings. The van der Waals surface area contributed by atoms with Crippen molar-refractivity contribution in [3.8, 4) is 0 Å². The first-order valence-corrected chi connectivity index (χ1v) is 9.08. The molecule has 3 heterocycles. The van der Waals surface area contributed by atoms with Crippen LogP contribution >= 0.6 is 0 Å². The fourth-order valence-corrected chi connectivity index (χ4v) is 4.29. The summed E-state index contributed by atoms with van der Waals surface area (Å²) in [4.78, 5) is 12.7. The van der Waals surface area contributed by atoms with E-state index in [0.29, 0.717) is 18.8 Å². The van der Waals surface area contributed by atoms with Crippen LogP contribution in [0.4, 0.5) is 0 Å². The average molecular weight is 333 g/mol. The monoisotopic (exact) mass is 333 g/mol. The second-order valence-corrected chi connectivity index (χ2v) is 7.55. The molecule has 0 radical (unpaired) electrons. The number of ether oxygens (including phenoxy) is 1. The van der Waals surface area contributed by atoms with Gasteiger partial charge in [-0.25, -0.2) is 0 Å². The summed E-state index contributed by atoms with van der Waals surface area (Å²) in [5.41, 5.74) is 7.02. The molecule has 0 unspecified atom stereocenters. The van der Waals surface area contributed by atoms with Gasteiger partial charge in [0.25, 0.3) is 5.91 Å². The molecular formula is C17H27N5O2. The van der Waals surface area contributed by atoms with Crippen molar-refractivity contribution < 1.29 is 9.53 Å². The van der Waals surface area contributed by atoms with Crippen LogP contribution in [0.5, 0.6) is 0 Å². The molecule has 4 rings (SSSR count). The predicted octanol–water partition coefficient (Wildman–Crippen LogP) is 0.537. The summed E-state index contributed by atoms with van der Waals surface area (Å²) in [6.07, 6.45) is 6.15. The van der Waals surface area contributed by atoms with Gasteiger partial charge in [0.15, 0.2) is 5.69 Å². The van der Waals surface area contributed by atoms with E-state index in [4.69, 9.17) is 10.5 Å². The van der Waals surface area contributed by atoms with Gasteiger partial charge < -0.3 is 21.1 Å². The van der Waals surface area contributed by atoms with Gasteiger partial charge in [-0.05, 0) is 44.8 Å². The molecular weight excluding hydrogens is 306 g/mol. The van der Waals surface area contributed by atoms with Crippen LogP contribution in [-0.2, 0) is 17.9 Å². The SMILES string of the molecule is NCC1(NC(=O)c2cc3n(n2)CC2(CCNCC2)OC3)CCCC1. The molecule has 1 saturated heterocycles. The van der Waals surface area contributed by atoms with E-state index >= 15 is 0 Å². The van der Waals surface area contributed by atoms with Crippen LogP contribution < -0.4 is 16.4 Å². The number of amides is 1. The Bertz CT molecular complexity index is 614. The maximum absolute atomic E-state index is 12.7. The smallest absolute Gasteiger partial charge is 0.272 e. The average Bonchev–Trinajstić information content (AvgIpc) is 3.22. The van der Waals surface area contributed by atoms with Gasteiger partial charge in [-0.15, -0.1) is 0 Å². The minimum atomic E-state index is -0.242. The highest BCUT2D eigenvalue weighted by Gasteiger charge is 2.39. The number of fused-ring (bicyclic) bond motifs is 1. The summed E-state index contributed by atoms with van der Waals surface area (Å²) in [6.45, 7) is 3.71. The lowest BCUT2D eigenvalue weighted by atomic mass is 9.91. The van der Waals surface area contributed by atoms with Crippen molar-refractivity contribution in [3.63, 3.8) is 0 Å². The number of rotatable bonds is 3. The third kappa shape index (κ3) is 2.85. The third-order valence-corrected chi connectivity index (χ3v) is 5.90. The van der Waals surface area contributed by atoms with Gasteiger partial charge in [0.1, 0.15) is 0 Å². The Morgan fingerprint density at radius 1 is 1.33 bits per heavy atom. The fourth-order valence-electron chi connectivity index (χ4n) is 4.29. The first kappa shape index (κ1) is 16.1. The van der Waals surface area contributed by atoms with E-state index < -0.39 is 0 Å². The Morgan fingerprint density at radius 2 is 2.08 bits per heavy atom. The molecule has 1 amide bonds. The van der Waals surface area contributed by atoms with Gasteiger partial charge in [0, 0.05) is 6.54 Å². The van der Waals surface area contributed by atoms with E-state index in [1.165, 1.54) is 0 Å². The molecule has 0 atom stereocenters. The molecule has 7 nitrogen and oxygen atoms in total. The van der Waals surface area contributed by atoms with E-state index in [-0.39, 0.29) is 17.0 Å². The molecule has 24 heavy (non-hydrogen) atoms. The second kappa shape index (κ2) is 6.13. The van der Waals surface area contributed by atoms with Gasteiger partial charge in [-0.2, -0.15) is 5.10 Å². The first-order chi connectivity index (χ1) is 11.6. The topological polar surface area (TPSA) is 94.2 Å². The van der Waals surface area contributed by atoms with E-state index in [2.05, 4.69) is 15.7 Å². The highest BCUT2D eigenvalue weighted by atomic mass is 16.5. The van der Waals surface area contributed by atoms with Crippen LogP contribution in [0.15, 0.2) is 6.07 Å². The minimum Gasteiger partial charge on any atom is -0.367 e. The maximum atomic E-state index is 12.7. The van der Waals surface area contributed by atoms with Gasteiger partial charge >= 0.3 is 0 Å². The van der Waals surface area contributed by atoms with Crippen molar-refractivity contribution in [3.05, 3.63) is 17.5 Å². The highest BCUT2D eigenvalue weighted by Crippen LogP contribution is 2.32. The Labute approximate surface area is 142 Å². The zero-order chi connectivity index (χ0) is 16.6. The quantitative estimate of drug-likeness (QED) is 0.750. The number of aromatic nitrogens is 2. The molecule has 2 fully saturated rings. The summed E-state index contributed by atoms with van der Waals surface area (Å²) in [7, 11) is 0. The van der Waals surface area contributed by atoms with E-state index in [0.717, 1.165) is 63.9 Å². The van der Waals surface area contributed by atoms with Crippen LogP contribution in [0.25, 0.3) is 0 Å². The van der Waals surface area contributed by atoms with Gasteiger partial charge in [-0.1, -0.05) is 12.8 Å². The molecule has 1 aromatic rings. The van der Waals surface area contributed by atoms with Crippen molar-refractivity contribution in [2.45, 2.75) is 62.8 Å². The second-order valence-electron chi connectivity index (χ2n) is 7.55. The molecule has 4 N–H and O–H groups in total. The number of carbonyl (C=O) groups is 1. The predicted molar refractivity (Wildman–Crippen MR) is 89.6 cm³/mol. The number of piperidine rings is 1. The Hall–Kier alpha value is -1.44. The fraction of sp³-hybridized carbons (Fsp3) is 0.765. The van der Waals surface area contributed by atoms with E-state index in [1.54, 1.807) is 0 Å². The van der Waals surface area contributed by atoms with Gasteiger partial charge in [-0.3, -0.25) is 9.48 Å². The van der Waals surface area contributed by atoms with Crippen molar-refractivity contribution in [1.29, 1.82) is 0 Å². The highest BCUT2D eigenvalue weighted by molar-refractivity contribution is 5.93. The molecule has 7 heteroatoms. The molecule has 132 valence electrons. The molecule has 0 aromatic carbocycles. The number of nitrogens with one attached hydrogen (secondary N) is 2. The van der Waals surface area contributed by atoms with Crippen LogP contribution in [0, 0.1) is 0 Å². The molecule has 0 bridgehead atoms. The minimum absolute atomic E-state index is 0.108. The summed E-state index contributed by atoms with van der Waals surface area (Å²) >= 11 is 0. The van der Waals surface area contributed by atoms with Crippen molar-refractivity contribution in [2.24, 2.45) is 5.73 Å². The zero-order valence-corrected chi connectivity index (χ0v) is 14.1. The first-order valence-electron chi connectivity index (χ1n) is 9.08. The Morgan fingerprint density at radius 3 is 2.79 bits per heavy atom. The summed E-state index contributed by atoms with van der Waals surface area (Å²) in [5.74, 6) is -0.108. The van der Waals surface area contributed by atoms with Gasteiger partial charge in [0.05, 0.1) is 30.0 Å². The molecule has 1 spiro atoms. The summed E-state index contributed by atoms with van der Waals surface area (Å²) in [6, 6.07) is 1.86. The third-order valence-electron chi connectivity index (χ3n) is 5.90. The lowest BCUT2D eigenvalue weighted by molar-refractivity contribution is -0.109. The number of nitrogens with zero attached hydrogens (tertiary/aromatic N) is 2. The Balaban J connectivity index is 1.49. The lowest BCUT2D eigenvalue weighted by Crippen LogP contribution is -2.51. The normalized spacial score (nSPS) is 24.7.